The van der Waals surface area contributed by atoms with Gasteiger partial charge in [0.05, 0.1) is 18.0 Å². The number of rotatable bonds is 1. The Kier molecular flexibility index (Phi) is 4.17. The van der Waals surface area contributed by atoms with Gasteiger partial charge in [0.25, 0.3) is 0 Å². The van der Waals surface area contributed by atoms with Crippen molar-refractivity contribution >= 4 is 0 Å². The van der Waals surface area contributed by atoms with Crippen LogP contribution in [-0.4, -0.2) is 21.9 Å². The maximum atomic E-state index is 12.2. The van der Waals surface area contributed by atoms with E-state index in [1.165, 1.54) is 12.5 Å². The second kappa shape index (κ2) is 6.18. The normalized spacial score (nSPS) is 50.5. The largest absolute Gasteiger partial charge is 0.431 e. The van der Waals surface area contributed by atoms with Crippen LogP contribution in [0.4, 0.5) is 0 Å². The van der Waals surface area contributed by atoms with E-state index in [9.17, 15) is 15.0 Å². The van der Waals surface area contributed by atoms with Gasteiger partial charge >= 0.3 is 5.63 Å². The van der Waals surface area contributed by atoms with Crippen LogP contribution >= 0.6 is 0 Å². The topological polar surface area (TPSA) is 70.7 Å². The lowest BCUT2D eigenvalue weighted by molar-refractivity contribution is -0.205. The summed E-state index contributed by atoms with van der Waals surface area (Å²) in [5.41, 5.74) is 0.219. The average Bonchev–Trinajstić information content (AvgIpc) is 2.95. The second-order valence-corrected chi connectivity index (χ2v) is 10.8. The van der Waals surface area contributed by atoms with Crippen LogP contribution in [0.25, 0.3) is 0 Å². The average molecular weight is 387 g/mol. The molecule has 4 nitrogen and oxygen atoms in total. The summed E-state index contributed by atoms with van der Waals surface area (Å²) in [6.45, 7) is 4.73. The zero-order chi connectivity index (χ0) is 19.7. The Morgan fingerprint density at radius 1 is 1.00 bits per heavy atom. The molecule has 0 spiro atoms. The van der Waals surface area contributed by atoms with E-state index in [1.54, 1.807) is 6.26 Å². The standard InChI is InChI=1S/C24H34O4/c1-22-10-7-17(25)13-16(22)4-5-20-19(22)8-11-23(2)18(9-12-24(20,23)27)15-3-6-21(26)28-14-15/h3,6,14,16-20,25,27H,4-5,7-13H2,1-2H3/t16-,17-,18?,19-,20+,22-,23-,24-/m0/s1. The van der Waals surface area contributed by atoms with Crippen LogP contribution in [0.5, 0.6) is 0 Å². The fourth-order valence-corrected chi connectivity index (χ4v) is 8.30. The highest BCUT2D eigenvalue weighted by atomic mass is 16.4. The van der Waals surface area contributed by atoms with Crippen LogP contribution < -0.4 is 5.63 Å². The predicted molar refractivity (Wildman–Crippen MR) is 107 cm³/mol. The monoisotopic (exact) mass is 386 g/mol. The van der Waals surface area contributed by atoms with Crippen molar-refractivity contribution < 1.29 is 14.6 Å². The molecule has 28 heavy (non-hydrogen) atoms. The number of aliphatic hydroxyl groups excluding tert-OH is 1. The van der Waals surface area contributed by atoms with Crippen LogP contribution in [0, 0.1) is 28.6 Å². The molecule has 1 unspecified atom stereocenters. The first-order valence-electron chi connectivity index (χ1n) is 11.3. The quantitative estimate of drug-likeness (QED) is 0.757. The molecule has 0 saturated heterocycles. The first-order valence-corrected chi connectivity index (χ1v) is 11.3. The molecule has 0 amide bonds. The van der Waals surface area contributed by atoms with Gasteiger partial charge in [-0.1, -0.05) is 13.8 Å². The molecular weight excluding hydrogens is 352 g/mol. The molecule has 4 fully saturated rings. The van der Waals surface area contributed by atoms with Gasteiger partial charge in [-0.15, -0.1) is 0 Å². The van der Waals surface area contributed by atoms with Crippen molar-refractivity contribution in [3.63, 3.8) is 0 Å². The lowest BCUT2D eigenvalue weighted by Gasteiger charge is -2.63. The van der Waals surface area contributed by atoms with E-state index in [0.29, 0.717) is 17.8 Å². The summed E-state index contributed by atoms with van der Waals surface area (Å²) in [5.74, 6) is 1.76. The van der Waals surface area contributed by atoms with Crippen molar-refractivity contribution in [2.24, 2.45) is 28.6 Å². The highest BCUT2D eigenvalue weighted by Gasteiger charge is 2.67. The molecule has 8 atom stereocenters. The summed E-state index contributed by atoms with van der Waals surface area (Å²) in [7, 11) is 0. The van der Waals surface area contributed by atoms with Gasteiger partial charge in [-0.05, 0) is 98.5 Å². The fraction of sp³-hybridized carbons (Fsp3) is 0.792. The summed E-state index contributed by atoms with van der Waals surface area (Å²) in [4.78, 5) is 11.4. The molecule has 2 N–H and O–H groups in total. The van der Waals surface area contributed by atoms with E-state index >= 15 is 0 Å². The Bertz CT molecular complexity index is 797. The molecule has 4 saturated carbocycles. The molecule has 4 heteroatoms. The molecule has 1 aromatic rings. The van der Waals surface area contributed by atoms with Crippen molar-refractivity contribution in [3.05, 3.63) is 34.4 Å². The third-order valence-electron chi connectivity index (χ3n) is 9.95. The molecule has 1 heterocycles. The first kappa shape index (κ1) is 18.9. The molecule has 0 radical (unpaired) electrons. The van der Waals surface area contributed by atoms with Crippen molar-refractivity contribution in [2.45, 2.75) is 89.3 Å². The van der Waals surface area contributed by atoms with Crippen LogP contribution in [0.15, 0.2) is 27.6 Å². The minimum Gasteiger partial charge on any atom is -0.431 e. The van der Waals surface area contributed by atoms with E-state index < -0.39 is 5.60 Å². The zero-order valence-corrected chi connectivity index (χ0v) is 17.2. The van der Waals surface area contributed by atoms with E-state index in [-0.39, 0.29) is 28.5 Å². The minimum atomic E-state index is -0.638. The lowest BCUT2D eigenvalue weighted by atomic mass is 9.43. The molecule has 0 bridgehead atoms. The van der Waals surface area contributed by atoms with Crippen molar-refractivity contribution in [1.82, 2.24) is 0 Å². The molecule has 1 aromatic heterocycles. The van der Waals surface area contributed by atoms with Gasteiger partial charge in [0.2, 0.25) is 0 Å². The predicted octanol–water partition coefficient (Wildman–Crippen LogP) is 4.24. The zero-order valence-electron chi connectivity index (χ0n) is 17.2. The summed E-state index contributed by atoms with van der Waals surface area (Å²) >= 11 is 0. The Morgan fingerprint density at radius 3 is 2.57 bits per heavy atom. The van der Waals surface area contributed by atoms with Gasteiger partial charge in [-0.25, -0.2) is 4.79 Å². The van der Waals surface area contributed by atoms with E-state index in [0.717, 1.165) is 56.9 Å². The third kappa shape index (κ3) is 2.40. The smallest absolute Gasteiger partial charge is 0.335 e. The number of fused-ring (bicyclic) bond motifs is 5. The summed E-state index contributed by atoms with van der Waals surface area (Å²) in [5, 5.41) is 22.4. The van der Waals surface area contributed by atoms with Gasteiger partial charge in [0, 0.05) is 11.5 Å². The molecule has 0 aromatic carbocycles. The second-order valence-electron chi connectivity index (χ2n) is 10.8. The van der Waals surface area contributed by atoms with Crippen molar-refractivity contribution in [3.8, 4) is 0 Å². The number of aliphatic hydroxyl groups is 2. The van der Waals surface area contributed by atoms with E-state index in [2.05, 4.69) is 13.8 Å². The molecule has 154 valence electrons. The van der Waals surface area contributed by atoms with Crippen molar-refractivity contribution in [1.29, 1.82) is 0 Å². The van der Waals surface area contributed by atoms with E-state index in [4.69, 9.17) is 4.42 Å². The number of hydrogen-bond donors (Lipinski definition) is 2. The molecule has 5 rings (SSSR count). The maximum Gasteiger partial charge on any atom is 0.335 e. The van der Waals surface area contributed by atoms with Gasteiger partial charge in [-0.3, -0.25) is 0 Å². The molecule has 0 aliphatic heterocycles. The molecule has 4 aliphatic carbocycles. The Balaban J connectivity index is 1.48. The van der Waals surface area contributed by atoms with Crippen LogP contribution in [-0.2, 0) is 0 Å². The van der Waals surface area contributed by atoms with E-state index in [1.807, 2.05) is 6.07 Å². The molecule has 4 aliphatic rings. The lowest BCUT2D eigenvalue weighted by Crippen LogP contribution is -2.62. The maximum absolute atomic E-state index is 12.2. The highest BCUT2D eigenvalue weighted by Crippen LogP contribution is 2.70. The number of hydrogen-bond acceptors (Lipinski definition) is 4. The van der Waals surface area contributed by atoms with Gasteiger partial charge in [0.15, 0.2) is 0 Å². The Labute approximate surface area is 167 Å². The Hall–Kier alpha value is -1.13. The Morgan fingerprint density at radius 2 is 1.82 bits per heavy atom. The fourth-order valence-electron chi connectivity index (χ4n) is 8.30. The van der Waals surface area contributed by atoms with Crippen LogP contribution in [0.2, 0.25) is 0 Å². The highest BCUT2D eigenvalue weighted by molar-refractivity contribution is 5.27. The van der Waals surface area contributed by atoms with Crippen LogP contribution in [0.1, 0.15) is 83.1 Å². The first-order chi connectivity index (χ1) is 13.3. The van der Waals surface area contributed by atoms with Crippen molar-refractivity contribution in [2.75, 3.05) is 0 Å². The minimum absolute atomic E-state index is 0.129. The summed E-state index contributed by atoms with van der Waals surface area (Å²) in [6, 6.07) is 3.42. The van der Waals surface area contributed by atoms with Gasteiger partial charge in [0.1, 0.15) is 0 Å². The van der Waals surface area contributed by atoms with Crippen LogP contribution in [0.3, 0.4) is 0 Å². The molecular formula is C24H34O4. The summed E-state index contributed by atoms with van der Waals surface area (Å²) < 4.78 is 5.17. The summed E-state index contributed by atoms with van der Waals surface area (Å²) in [6.07, 6.45) is 10.7. The SMILES string of the molecule is C[C@]12CC[C@H](O)C[C@@H]1CC[C@@H]1[C@@H]2CC[C@@]2(C)C(c3ccc(=O)oc3)CC[C@]12O. The van der Waals surface area contributed by atoms with Gasteiger partial charge in [-0.2, -0.15) is 0 Å². The third-order valence-corrected chi connectivity index (χ3v) is 9.95. The van der Waals surface area contributed by atoms with Gasteiger partial charge < -0.3 is 14.6 Å².